The molecule has 114 valence electrons. The fourth-order valence-electron chi connectivity index (χ4n) is 2.71. The lowest BCUT2D eigenvalue weighted by Crippen LogP contribution is -2.24. The van der Waals surface area contributed by atoms with Crippen LogP contribution in [-0.2, 0) is 18.6 Å². The van der Waals surface area contributed by atoms with Gasteiger partial charge in [-0.3, -0.25) is 4.57 Å². The molecule has 0 saturated heterocycles. The lowest BCUT2D eigenvalue weighted by atomic mass is 9.91. The average molecular weight is 292 g/mol. The molecule has 0 aromatic heterocycles. The lowest BCUT2D eigenvalue weighted by molar-refractivity contribution is -0.0891. The van der Waals surface area contributed by atoms with E-state index in [0.717, 1.165) is 12.8 Å². The van der Waals surface area contributed by atoms with Crippen LogP contribution in [0.4, 0.5) is 0 Å². The fourth-order valence-corrected chi connectivity index (χ4v) is 5.38. The molecule has 0 aromatic carbocycles. The maximum atomic E-state index is 13.1. The molecule has 0 N–H and O–H groups in total. The highest BCUT2D eigenvalue weighted by Gasteiger charge is 2.38. The molecule has 1 atom stereocenters. The summed E-state index contributed by atoms with van der Waals surface area (Å²) in [5, 5.41) is 0. The predicted octanol–water partition coefficient (Wildman–Crippen LogP) is 4.24. The molecule has 0 spiro atoms. The highest BCUT2D eigenvalue weighted by atomic mass is 31.2. The Kier molecular flexibility index (Phi) is 8.24. The second-order valence-electron chi connectivity index (χ2n) is 5.05. The summed E-state index contributed by atoms with van der Waals surface area (Å²) in [6, 6.07) is -0.690. The van der Waals surface area contributed by atoms with Crippen LogP contribution in [0.2, 0.25) is 0 Å². The third kappa shape index (κ3) is 5.55. The van der Waals surface area contributed by atoms with Gasteiger partial charge in [-0.1, -0.05) is 19.3 Å². The van der Waals surface area contributed by atoms with E-state index in [9.17, 15) is 4.57 Å². The van der Waals surface area contributed by atoms with Gasteiger partial charge in [0.1, 0.15) is 0 Å². The number of hydrogen-bond donors (Lipinski definition) is 0. The molecule has 1 unspecified atom stereocenters. The molecule has 1 aliphatic rings. The quantitative estimate of drug-likeness (QED) is 0.471. The second kappa shape index (κ2) is 9.12. The molecule has 19 heavy (non-hydrogen) atoms. The fraction of sp³-hybridized carbons (Fsp3) is 1.00. The summed E-state index contributed by atoms with van der Waals surface area (Å²) in [6.07, 6.45) is 6.70. The van der Waals surface area contributed by atoms with Crippen molar-refractivity contribution < 1.29 is 18.6 Å². The molecule has 0 radical (unpaired) electrons. The molecule has 1 rings (SSSR count). The topological polar surface area (TPSA) is 44.8 Å². The van der Waals surface area contributed by atoms with Crippen LogP contribution >= 0.6 is 7.37 Å². The van der Waals surface area contributed by atoms with Crippen molar-refractivity contribution in [2.75, 3.05) is 26.0 Å². The number of hydrogen-bond acceptors (Lipinski definition) is 4. The van der Waals surface area contributed by atoms with Crippen molar-refractivity contribution in [2.45, 2.75) is 58.9 Å². The minimum absolute atomic E-state index is 0.445. The van der Waals surface area contributed by atoms with Crippen molar-refractivity contribution in [1.82, 2.24) is 0 Å². The van der Waals surface area contributed by atoms with Crippen LogP contribution in [0.5, 0.6) is 0 Å². The zero-order valence-corrected chi connectivity index (χ0v) is 13.5. The Balaban J connectivity index is 2.70. The standard InChI is InChI=1S/C14H29O4P/c1-4-16-14(17-5-2)19(15,18-6-3)12-13-10-8-7-9-11-13/h13-14H,4-12H2,1-3H3. The van der Waals surface area contributed by atoms with Crippen molar-refractivity contribution >= 4 is 7.37 Å². The van der Waals surface area contributed by atoms with Crippen LogP contribution in [-0.4, -0.2) is 32.0 Å². The molecule has 1 aliphatic carbocycles. The van der Waals surface area contributed by atoms with Crippen molar-refractivity contribution in [3.8, 4) is 0 Å². The Morgan fingerprint density at radius 3 is 2.05 bits per heavy atom. The Morgan fingerprint density at radius 1 is 1.00 bits per heavy atom. The molecular formula is C14H29O4P. The molecule has 1 saturated carbocycles. The minimum Gasteiger partial charge on any atom is -0.345 e. The van der Waals surface area contributed by atoms with Gasteiger partial charge < -0.3 is 14.0 Å². The van der Waals surface area contributed by atoms with Gasteiger partial charge in [-0.2, -0.15) is 0 Å². The Hall–Kier alpha value is 0.110. The van der Waals surface area contributed by atoms with Gasteiger partial charge >= 0.3 is 0 Å². The van der Waals surface area contributed by atoms with Gasteiger partial charge in [0, 0.05) is 19.4 Å². The van der Waals surface area contributed by atoms with E-state index in [0.29, 0.717) is 31.9 Å². The van der Waals surface area contributed by atoms with Crippen LogP contribution in [0.1, 0.15) is 52.9 Å². The van der Waals surface area contributed by atoms with Crippen LogP contribution in [0.25, 0.3) is 0 Å². The Labute approximate surface area is 117 Å². The smallest absolute Gasteiger partial charge is 0.257 e. The highest BCUT2D eigenvalue weighted by Crippen LogP contribution is 2.55. The van der Waals surface area contributed by atoms with E-state index in [-0.39, 0.29) is 0 Å². The minimum atomic E-state index is -2.88. The third-order valence-corrected chi connectivity index (χ3v) is 6.19. The van der Waals surface area contributed by atoms with E-state index < -0.39 is 13.4 Å². The predicted molar refractivity (Wildman–Crippen MR) is 77.7 cm³/mol. The number of ether oxygens (including phenoxy) is 2. The normalized spacial score (nSPS) is 20.6. The summed E-state index contributed by atoms with van der Waals surface area (Å²) in [4.78, 5) is 0. The molecule has 0 bridgehead atoms. The molecule has 0 aromatic rings. The van der Waals surface area contributed by atoms with Crippen LogP contribution in [0, 0.1) is 5.92 Å². The summed E-state index contributed by atoms with van der Waals surface area (Å²) in [7, 11) is -2.88. The zero-order chi connectivity index (χ0) is 14.1. The molecule has 0 heterocycles. The largest absolute Gasteiger partial charge is 0.345 e. The van der Waals surface area contributed by atoms with Gasteiger partial charge in [-0.25, -0.2) is 0 Å². The molecule has 1 fully saturated rings. The van der Waals surface area contributed by atoms with E-state index in [1.54, 1.807) is 0 Å². The first-order valence-electron chi connectivity index (χ1n) is 7.62. The molecule has 0 aliphatic heterocycles. The van der Waals surface area contributed by atoms with Gasteiger partial charge in [-0.05, 0) is 39.5 Å². The molecule has 5 heteroatoms. The summed E-state index contributed by atoms with van der Waals surface area (Å²) in [5.41, 5.74) is 0. The van der Waals surface area contributed by atoms with Gasteiger partial charge in [-0.15, -0.1) is 0 Å². The van der Waals surface area contributed by atoms with Crippen molar-refractivity contribution in [3.05, 3.63) is 0 Å². The summed E-state index contributed by atoms with van der Waals surface area (Å²) < 4.78 is 29.8. The van der Waals surface area contributed by atoms with Gasteiger partial charge in [0.15, 0.2) is 0 Å². The Morgan fingerprint density at radius 2 is 1.58 bits per heavy atom. The summed E-state index contributed by atoms with van der Waals surface area (Å²) in [5.74, 6) is 0.495. The summed E-state index contributed by atoms with van der Waals surface area (Å²) in [6.45, 7) is 7.09. The maximum Gasteiger partial charge on any atom is 0.257 e. The zero-order valence-electron chi connectivity index (χ0n) is 12.6. The van der Waals surface area contributed by atoms with Crippen molar-refractivity contribution in [2.24, 2.45) is 5.92 Å². The highest BCUT2D eigenvalue weighted by molar-refractivity contribution is 7.59. The third-order valence-electron chi connectivity index (χ3n) is 3.52. The summed E-state index contributed by atoms with van der Waals surface area (Å²) >= 11 is 0. The molecular weight excluding hydrogens is 263 g/mol. The first-order valence-corrected chi connectivity index (χ1v) is 9.50. The monoisotopic (exact) mass is 292 g/mol. The van der Waals surface area contributed by atoms with Gasteiger partial charge in [0.25, 0.3) is 7.37 Å². The van der Waals surface area contributed by atoms with E-state index in [1.807, 2.05) is 20.8 Å². The lowest BCUT2D eigenvalue weighted by Gasteiger charge is -2.31. The first-order chi connectivity index (χ1) is 9.16. The van der Waals surface area contributed by atoms with Crippen LogP contribution < -0.4 is 0 Å². The molecule has 0 amide bonds. The first kappa shape index (κ1) is 17.2. The van der Waals surface area contributed by atoms with Crippen LogP contribution in [0.15, 0.2) is 0 Å². The van der Waals surface area contributed by atoms with E-state index >= 15 is 0 Å². The Bertz CT molecular complexity index is 271. The van der Waals surface area contributed by atoms with E-state index in [4.69, 9.17) is 14.0 Å². The average Bonchev–Trinajstić information content (AvgIpc) is 2.40. The van der Waals surface area contributed by atoms with E-state index in [1.165, 1.54) is 19.3 Å². The van der Waals surface area contributed by atoms with Gasteiger partial charge in [0.05, 0.1) is 6.61 Å². The second-order valence-corrected chi connectivity index (χ2v) is 7.55. The van der Waals surface area contributed by atoms with Crippen molar-refractivity contribution in [1.29, 1.82) is 0 Å². The van der Waals surface area contributed by atoms with Crippen LogP contribution in [0.3, 0.4) is 0 Å². The maximum absolute atomic E-state index is 13.1. The van der Waals surface area contributed by atoms with Crippen molar-refractivity contribution in [3.63, 3.8) is 0 Å². The SMILES string of the molecule is CCOC(OCC)P(=O)(CC1CCCCC1)OCC. The number of rotatable bonds is 9. The molecule has 4 nitrogen and oxygen atoms in total. The van der Waals surface area contributed by atoms with Gasteiger partial charge in [0.2, 0.25) is 6.03 Å². The van der Waals surface area contributed by atoms with E-state index in [2.05, 4.69) is 0 Å².